The highest BCUT2D eigenvalue weighted by atomic mass is 16.3. The van der Waals surface area contributed by atoms with E-state index in [0.29, 0.717) is 5.89 Å². The first-order valence-electron chi connectivity index (χ1n) is 16.5. The van der Waals surface area contributed by atoms with Gasteiger partial charge in [-0.1, -0.05) is 133 Å². The highest BCUT2D eigenvalue weighted by Gasteiger charge is 2.22. The molecule has 1 aliphatic carbocycles. The maximum atomic E-state index is 6.61. The van der Waals surface area contributed by atoms with Crippen LogP contribution in [0, 0.1) is 0 Å². The molecule has 1 aromatic heterocycles. The van der Waals surface area contributed by atoms with E-state index in [2.05, 4.69) is 175 Å². The number of para-hydroxylation sites is 2. The van der Waals surface area contributed by atoms with Gasteiger partial charge >= 0.3 is 0 Å². The summed E-state index contributed by atoms with van der Waals surface area (Å²) in [6, 6.07) is 55.7. The van der Waals surface area contributed by atoms with Crippen molar-refractivity contribution in [2.45, 2.75) is 12.8 Å². The van der Waals surface area contributed by atoms with Crippen molar-refractivity contribution >= 4 is 45.0 Å². The Morgan fingerprint density at radius 3 is 1.73 bits per heavy atom. The van der Waals surface area contributed by atoms with Gasteiger partial charge in [-0.05, 0) is 76.9 Å². The Labute approximate surface area is 280 Å². The SMILES string of the molecule is C1=Cc2c(c3nc(-c4ccc(N(c5ccccc5-c5ccccc5)c5ccccc5-c5ccccc5)cc4)oc3c3ccccc23)CC1. The van der Waals surface area contributed by atoms with E-state index in [4.69, 9.17) is 9.40 Å². The molecule has 48 heavy (non-hydrogen) atoms. The average molecular weight is 617 g/mol. The molecule has 0 saturated carbocycles. The third-order valence-corrected chi connectivity index (χ3v) is 9.38. The van der Waals surface area contributed by atoms with Crippen LogP contribution in [0.3, 0.4) is 0 Å². The summed E-state index contributed by atoms with van der Waals surface area (Å²) in [6.45, 7) is 0. The minimum atomic E-state index is 0.644. The minimum absolute atomic E-state index is 0.644. The number of allylic oxidation sites excluding steroid dienone is 1. The van der Waals surface area contributed by atoms with Crippen LogP contribution < -0.4 is 4.90 Å². The summed E-state index contributed by atoms with van der Waals surface area (Å²) in [5.74, 6) is 0.644. The number of fused-ring (bicyclic) bond motifs is 6. The lowest BCUT2D eigenvalue weighted by Gasteiger charge is -2.30. The van der Waals surface area contributed by atoms with E-state index in [-0.39, 0.29) is 0 Å². The second kappa shape index (κ2) is 11.9. The van der Waals surface area contributed by atoms with Crippen molar-refractivity contribution in [2.24, 2.45) is 0 Å². The molecule has 0 saturated heterocycles. The highest BCUT2D eigenvalue weighted by Crippen LogP contribution is 2.45. The third-order valence-electron chi connectivity index (χ3n) is 9.38. The average Bonchev–Trinajstić information content (AvgIpc) is 3.63. The van der Waals surface area contributed by atoms with Gasteiger partial charge in [0.1, 0.15) is 5.52 Å². The van der Waals surface area contributed by atoms with E-state index in [9.17, 15) is 0 Å². The number of aromatic nitrogens is 1. The molecular weight excluding hydrogens is 585 g/mol. The van der Waals surface area contributed by atoms with Gasteiger partial charge in [-0.2, -0.15) is 0 Å². The van der Waals surface area contributed by atoms with Gasteiger partial charge in [0.25, 0.3) is 0 Å². The number of hydrogen-bond acceptors (Lipinski definition) is 3. The molecule has 0 atom stereocenters. The van der Waals surface area contributed by atoms with Crippen molar-refractivity contribution in [3.63, 3.8) is 0 Å². The first kappa shape index (κ1) is 28.1. The second-order valence-electron chi connectivity index (χ2n) is 12.2. The van der Waals surface area contributed by atoms with Crippen molar-refractivity contribution in [1.82, 2.24) is 4.98 Å². The molecule has 9 rings (SSSR count). The van der Waals surface area contributed by atoms with E-state index < -0.39 is 0 Å². The summed E-state index contributed by atoms with van der Waals surface area (Å²) in [7, 11) is 0. The first-order chi connectivity index (χ1) is 23.8. The molecule has 0 radical (unpaired) electrons. The van der Waals surface area contributed by atoms with Crippen LogP contribution in [0.2, 0.25) is 0 Å². The molecular formula is C45H32N2O. The van der Waals surface area contributed by atoms with Gasteiger partial charge in [0.2, 0.25) is 5.89 Å². The first-order valence-corrected chi connectivity index (χ1v) is 16.5. The predicted molar refractivity (Wildman–Crippen MR) is 200 cm³/mol. The quantitative estimate of drug-likeness (QED) is 0.186. The van der Waals surface area contributed by atoms with E-state index in [1.807, 2.05) is 0 Å². The monoisotopic (exact) mass is 616 g/mol. The smallest absolute Gasteiger partial charge is 0.227 e. The fourth-order valence-corrected chi connectivity index (χ4v) is 7.13. The topological polar surface area (TPSA) is 29.3 Å². The summed E-state index contributed by atoms with van der Waals surface area (Å²) in [5.41, 5.74) is 13.3. The Kier molecular flexibility index (Phi) is 6.94. The number of oxazole rings is 1. The molecule has 7 aromatic carbocycles. The lowest BCUT2D eigenvalue weighted by atomic mass is 9.91. The van der Waals surface area contributed by atoms with Crippen LogP contribution in [-0.2, 0) is 6.42 Å². The fourth-order valence-electron chi connectivity index (χ4n) is 7.13. The normalized spacial score (nSPS) is 12.3. The molecule has 8 aromatic rings. The standard InChI is InChI=1S/C45H32N2O/c1-3-15-31(16-4-1)35-19-11-13-25-41(35)47(42-26-14-12-20-36(42)32-17-5-2-6-18-32)34-29-27-33(28-30-34)45-46-43-39-23-9-7-21-37(39)38-22-8-10-24-40(38)44(43)48-45/h1-8,10-22,24-30H,9,23H2. The molecule has 1 heterocycles. The summed E-state index contributed by atoms with van der Waals surface area (Å²) in [6.07, 6.45) is 6.49. The summed E-state index contributed by atoms with van der Waals surface area (Å²) < 4.78 is 6.61. The van der Waals surface area contributed by atoms with Crippen LogP contribution in [0.5, 0.6) is 0 Å². The number of hydrogen-bond donors (Lipinski definition) is 0. The highest BCUT2D eigenvalue weighted by molar-refractivity contribution is 6.09. The van der Waals surface area contributed by atoms with Crippen molar-refractivity contribution in [3.05, 3.63) is 175 Å². The van der Waals surface area contributed by atoms with Crippen molar-refractivity contribution in [1.29, 1.82) is 0 Å². The molecule has 0 bridgehead atoms. The molecule has 0 amide bonds. The Bertz CT molecular complexity index is 2360. The van der Waals surface area contributed by atoms with E-state index in [1.54, 1.807) is 0 Å². The summed E-state index contributed by atoms with van der Waals surface area (Å²) in [4.78, 5) is 7.50. The van der Waals surface area contributed by atoms with Gasteiger partial charge in [0.15, 0.2) is 5.58 Å². The maximum Gasteiger partial charge on any atom is 0.227 e. The van der Waals surface area contributed by atoms with Gasteiger partial charge in [-0.3, -0.25) is 0 Å². The zero-order valence-corrected chi connectivity index (χ0v) is 26.4. The van der Waals surface area contributed by atoms with Crippen molar-refractivity contribution < 1.29 is 4.42 Å². The van der Waals surface area contributed by atoms with Gasteiger partial charge in [0, 0.05) is 27.8 Å². The van der Waals surface area contributed by atoms with Crippen LogP contribution in [0.4, 0.5) is 17.1 Å². The van der Waals surface area contributed by atoms with Crippen molar-refractivity contribution in [3.8, 4) is 33.7 Å². The molecule has 0 aliphatic heterocycles. The Balaban J connectivity index is 1.21. The van der Waals surface area contributed by atoms with Gasteiger partial charge < -0.3 is 9.32 Å². The van der Waals surface area contributed by atoms with Gasteiger partial charge in [0.05, 0.1) is 11.4 Å². The molecule has 0 fully saturated rings. The largest absolute Gasteiger partial charge is 0.435 e. The Hall–Kier alpha value is -6.19. The zero-order valence-electron chi connectivity index (χ0n) is 26.4. The van der Waals surface area contributed by atoms with Gasteiger partial charge in [-0.25, -0.2) is 4.98 Å². The predicted octanol–water partition coefficient (Wildman–Crippen LogP) is 12.4. The number of aryl methyl sites for hydroxylation is 1. The zero-order chi connectivity index (χ0) is 31.9. The molecule has 228 valence electrons. The van der Waals surface area contributed by atoms with Crippen LogP contribution in [0.15, 0.2) is 168 Å². The molecule has 3 nitrogen and oxygen atoms in total. The molecule has 0 N–H and O–H groups in total. The lowest BCUT2D eigenvalue weighted by molar-refractivity contribution is 0.623. The second-order valence-corrected chi connectivity index (χ2v) is 12.2. The Morgan fingerprint density at radius 2 is 1.08 bits per heavy atom. The van der Waals surface area contributed by atoms with E-state index >= 15 is 0 Å². The molecule has 1 aliphatic rings. The van der Waals surface area contributed by atoms with E-state index in [0.717, 1.165) is 63.1 Å². The molecule has 3 heteroatoms. The van der Waals surface area contributed by atoms with Crippen molar-refractivity contribution in [2.75, 3.05) is 4.90 Å². The number of rotatable bonds is 6. The number of benzene rings is 7. The van der Waals surface area contributed by atoms with Crippen LogP contribution >= 0.6 is 0 Å². The Morgan fingerprint density at radius 1 is 0.521 bits per heavy atom. The molecule has 0 unspecified atom stereocenters. The van der Waals surface area contributed by atoms with Crippen LogP contribution in [0.25, 0.3) is 61.7 Å². The summed E-state index contributed by atoms with van der Waals surface area (Å²) >= 11 is 0. The van der Waals surface area contributed by atoms with Gasteiger partial charge in [-0.15, -0.1) is 0 Å². The lowest BCUT2D eigenvalue weighted by Crippen LogP contribution is -2.12. The molecule has 0 spiro atoms. The number of nitrogens with zero attached hydrogens (tertiary/aromatic N) is 2. The van der Waals surface area contributed by atoms with Crippen LogP contribution in [-0.4, -0.2) is 4.98 Å². The number of anilines is 3. The summed E-state index contributed by atoms with van der Waals surface area (Å²) in [5, 5.41) is 2.33. The minimum Gasteiger partial charge on any atom is -0.435 e. The van der Waals surface area contributed by atoms with E-state index in [1.165, 1.54) is 27.6 Å². The van der Waals surface area contributed by atoms with Crippen LogP contribution in [0.1, 0.15) is 17.5 Å². The third kappa shape index (κ3) is 4.80. The maximum absolute atomic E-state index is 6.61. The fraction of sp³-hybridized carbons (Fsp3) is 0.0444.